The van der Waals surface area contributed by atoms with E-state index >= 15 is 0 Å². The Bertz CT molecular complexity index is 1260. The molecular formula is C28H34FN3O3S2. The van der Waals surface area contributed by atoms with Crippen LogP contribution in [0.4, 0.5) is 4.39 Å². The van der Waals surface area contributed by atoms with E-state index in [9.17, 15) is 17.6 Å². The minimum Gasteiger partial charge on any atom is -0.332 e. The van der Waals surface area contributed by atoms with E-state index in [4.69, 9.17) is 0 Å². The smallest absolute Gasteiger partial charge is 0.243 e. The fourth-order valence-corrected chi connectivity index (χ4v) is 6.82. The first-order valence-corrected chi connectivity index (χ1v) is 14.9. The number of hydrogen-bond donors (Lipinski definition) is 0. The van der Waals surface area contributed by atoms with Gasteiger partial charge < -0.3 is 9.80 Å². The molecule has 2 heterocycles. The van der Waals surface area contributed by atoms with Crippen molar-refractivity contribution in [1.82, 2.24) is 14.1 Å². The van der Waals surface area contributed by atoms with Crippen LogP contribution in [0.15, 0.2) is 71.6 Å². The minimum absolute atomic E-state index is 0.181. The molecule has 0 radical (unpaired) electrons. The van der Waals surface area contributed by atoms with Crippen LogP contribution in [0.2, 0.25) is 0 Å². The molecule has 0 unspecified atom stereocenters. The SMILES string of the molecule is Cc1ccc(CN(Cc2ccc(F)cc2)C(=O)CN(CCN2CCCCC2)S(=O)(=O)c2ccccc2)s1. The molecule has 1 amide bonds. The number of likely N-dealkylation sites (tertiary alicyclic amines) is 1. The zero-order valence-electron chi connectivity index (χ0n) is 21.2. The number of benzene rings is 2. The molecule has 1 aliphatic rings. The number of piperidine rings is 1. The molecule has 0 saturated carbocycles. The molecule has 2 aromatic carbocycles. The Labute approximate surface area is 223 Å². The molecule has 4 rings (SSSR count). The van der Waals surface area contributed by atoms with Gasteiger partial charge in [-0.1, -0.05) is 36.8 Å². The van der Waals surface area contributed by atoms with Crippen molar-refractivity contribution in [2.24, 2.45) is 0 Å². The summed E-state index contributed by atoms with van der Waals surface area (Å²) in [6.45, 7) is 5.10. The lowest BCUT2D eigenvalue weighted by atomic mass is 10.1. The summed E-state index contributed by atoms with van der Waals surface area (Å²) in [5, 5.41) is 0. The maximum absolute atomic E-state index is 13.7. The lowest BCUT2D eigenvalue weighted by Gasteiger charge is -2.31. The van der Waals surface area contributed by atoms with Gasteiger partial charge in [-0.05, 0) is 74.8 Å². The molecule has 9 heteroatoms. The van der Waals surface area contributed by atoms with E-state index in [-0.39, 0.29) is 36.3 Å². The van der Waals surface area contributed by atoms with Crippen LogP contribution in [-0.2, 0) is 27.9 Å². The maximum atomic E-state index is 13.7. The van der Waals surface area contributed by atoms with Crippen LogP contribution >= 0.6 is 11.3 Å². The van der Waals surface area contributed by atoms with Crippen LogP contribution in [0.25, 0.3) is 0 Å². The molecule has 6 nitrogen and oxygen atoms in total. The van der Waals surface area contributed by atoms with Gasteiger partial charge in [0.1, 0.15) is 5.82 Å². The summed E-state index contributed by atoms with van der Waals surface area (Å²) in [7, 11) is -3.87. The van der Waals surface area contributed by atoms with Gasteiger partial charge in [0, 0.05) is 29.4 Å². The molecule has 1 saturated heterocycles. The highest BCUT2D eigenvalue weighted by atomic mass is 32.2. The van der Waals surface area contributed by atoms with Crippen LogP contribution in [0, 0.1) is 12.7 Å². The molecule has 1 aromatic heterocycles. The lowest BCUT2D eigenvalue weighted by molar-refractivity contribution is -0.132. The van der Waals surface area contributed by atoms with E-state index in [1.165, 1.54) is 22.9 Å². The number of hydrogen-bond acceptors (Lipinski definition) is 5. The van der Waals surface area contributed by atoms with Gasteiger partial charge in [-0.2, -0.15) is 4.31 Å². The van der Waals surface area contributed by atoms with Crippen molar-refractivity contribution in [3.8, 4) is 0 Å². The Balaban J connectivity index is 1.56. The lowest BCUT2D eigenvalue weighted by Crippen LogP contribution is -2.45. The molecule has 37 heavy (non-hydrogen) atoms. The first kappa shape index (κ1) is 27.4. The van der Waals surface area contributed by atoms with E-state index in [1.807, 2.05) is 19.1 Å². The Hall–Kier alpha value is -2.59. The van der Waals surface area contributed by atoms with Gasteiger partial charge >= 0.3 is 0 Å². The fourth-order valence-electron chi connectivity index (χ4n) is 4.51. The van der Waals surface area contributed by atoms with Crippen molar-refractivity contribution in [1.29, 1.82) is 0 Å². The summed E-state index contributed by atoms with van der Waals surface area (Å²) in [4.78, 5) is 20.0. The van der Waals surface area contributed by atoms with E-state index in [0.29, 0.717) is 13.1 Å². The molecule has 0 atom stereocenters. The first-order valence-electron chi connectivity index (χ1n) is 12.7. The quantitative estimate of drug-likeness (QED) is 0.345. The third kappa shape index (κ3) is 7.70. The minimum atomic E-state index is -3.87. The number of carbonyl (C=O) groups excluding carboxylic acids is 1. The van der Waals surface area contributed by atoms with E-state index < -0.39 is 10.0 Å². The van der Waals surface area contributed by atoms with E-state index in [1.54, 1.807) is 58.7 Å². The Kier molecular flexibility index (Phi) is 9.48. The van der Waals surface area contributed by atoms with Crippen LogP contribution in [0.5, 0.6) is 0 Å². The van der Waals surface area contributed by atoms with Crippen LogP contribution < -0.4 is 0 Å². The van der Waals surface area contributed by atoms with Crippen molar-refractivity contribution >= 4 is 27.3 Å². The van der Waals surface area contributed by atoms with E-state index in [2.05, 4.69) is 4.90 Å². The third-order valence-corrected chi connectivity index (χ3v) is 9.43. The summed E-state index contributed by atoms with van der Waals surface area (Å²) in [6, 6.07) is 18.3. The number of amides is 1. The molecule has 0 N–H and O–H groups in total. The maximum Gasteiger partial charge on any atom is 0.243 e. The largest absolute Gasteiger partial charge is 0.332 e. The Morgan fingerprint density at radius 2 is 1.65 bits per heavy atom. The number of carbonyl (C=O) groups is 1. The summed E-state index contributed by atoms with van der Waals surface area (Å²) in [5.41, 5.74) is 0.786. The van der Waals surface area contributed by atoms with Crippen molar-refractivity contribution in [2.45, 2.75) is 44.2 Å². The van der Waals surface area contributed by atoms with Crippen molar-refractivity contribution in [3.63, 3.8) is 0 Å². The summed E-state index contributed by atoms with van der Waals surface area (Å²) < 4.78 is 42.0. The van der Waals surface area contributed by atoms with Crippen molar-refractivity contribution in [3.05, 3.63) is 87.9 Å². The molecule has 0 spiro atoms. The Morgan fingerprint density at radius 1 is 0.946 bits per heavy atom. The number of aryl methyl sites for hydroxylation is 1. The van der Waals surface area contributed by atoms with Crippen LogP contribution in [0.3, 0.4) is 0 Å². The summed E-state index contributed by atoms with van der Waals surface area (Å²) >= 11 is 1.60. The average molecular weight is 544 g/mol. The molecule has 0 bridgehead atoms. The van der Waals surface area contributed by atoms with Crippen LogP contribution in [-0.4, -0.2) is 61.2 Å². The summed E-state index contributed by atoms with van der Waals surface area (Å²) in [5.74, 6) is -0.623. The Morgan fingerprint density at radius 3 is 2.30 bits per heavy atom. The number of sulfonamides is 1. The van der Waals surface area contributed by atoms with Crippen molar-refractivity contribution in [2.75, 3.05) is 32.7 Å². The van der Waals surface area contributed by atoms with Gasteiger partial charge in [0.15, 0.2) is 0 Å². The standard InChI is InChI=1S/C28H34FN3O3S2/c1-23-10-15-26(36-23)21-31(20-24-11-13-25(29)14-12-24)28(33)22-32(19-18-30-16-6-3-7-17-30)37(34,35)27-8-4-2-5-9-27/h2,4-5,8-15H,3,6-7,16-22H2,1H3. The highest BCUT2D eigenvalue weighted by molar-refractivity contribution is 7.89. The second-order valence-electron chi connectivity index (χ2n) is 9.44. The van der Waals surface area contributed by atoms with Crippen LogP contribution in [0.1, 0.15) is 34.6 Å². The second kappa shape index (κ2) is 12.8. The first-order chi connectivity index (χ1) is 17.8. The molecule has 1 aliphatic heterocycles. The number of rotatable bonds is 11. The summed E-state index contributed by atoms with van der Waals surface area (Å²) in [6.07, 6.45) is 3.41. The normalized spacial score (nSPS) is 14.7. The molecule has 198 valence electrons. The topological polar surface area (TPSA) is 60.9 Å². The molecular weight excluding hydrogens is 509 g/mol. The highest BCUT2D eigenvalue weighted by Crippen LogP contribution is 2.21. The van der Waals surface area contributed by atoms with Gasteiger partial charge in [0.05, 0.1) is 18.0 Å². The average Bonchev–Trinajstić information content (AvgIpc) is 3.32. The zero-order valence-corrected chi connectivity index (χ0v) is 22.8. The molecule has 1 fully saturated rings. The second-order valence-corrected chi connectivity index (χ2v) is 12.8. The van der Waals surface area contributed by atoms with Gasteiger partial charge in [0.2, 0.25) is 15.9 Å². The number of thiophene rings is 1. The fraction of sp³-hybridized carbons (Fsp3) is 0.393. The molecule has 0 aliphatic carbocycles. The predicted molar refractivity (Wildman–Crippen MR) is 145 cm³/mol. The molecule has 3 aromatic rings. The van der Waals surface area contributed by atoms with Gasteiger partial charge in [-0.3, -0.25) is 4.79 Å². The van der Waals surface area contributed by atoms with Gasteiger partial charge in [0.25, 0.3) is 0 Å². The highest BCUT2D eigenvalue weighted by Gasteiger charge is 2.29. The monoisotopic (exact) mass is 543 g/mol. The number of halogens is 1. The van der Waals surface area contributed by atoms with Crippen molar-refractivity contribution < 1.29 is 17.6 Å². The zero-order chi connectivity index (χ0) is 26.3. The predicted octanol–water partition coefficient (Wildman–Crippen LogP) is 4.90. The van der Waals surface area contributed by atoms with Gasteiger partial charge in [-0.15, -0.1) is 11.3 Å². The van der Waals surface area contributed by atoms with Gasteiger partial charge in [-0.25, -0.2) is 12.8 Å². The van der Waals surface area contributed by atoms with E-state index in [0.717, 1.165) is 41.2 Å². The number of nitrogens with zero attached hydrogens (tertiary/aromatic N) is 3. The third-order valence-electron chi connectivity index (χ3n) is 6.59.